The van der Waals surface area contributed by atoms with Gasteiger partial charge >= 0.3 is 5.97 Å². The van der Waals surface area contributed by atoms with Crippen molar-refractivity contribution < 1.29 is 29.0 Å². The third-order valence-corrected chi connectivity index (χ3v) is 8.36. The van der Waals surface area contributed by atoms with Gasteiger partial charge in [-0.05, 0) is 30.8 Å². The van der Waals surface area contributed by atoms with E-state index < -0.39 is 11.5 Å². The van der Waals surface area contributed by atoms with Gasteiger partial charge in [-0.1, -0.05) is 35.3 Å². The number of aromatic nitrogens is 1. The number of ketones is 1. The number of hydrogen-bond acceptors (Lipinski definition) is 6. The molecule has 0 radical (unpaired) electrons. The predicted molar refractivity (Wildman–Crippen MR) is 147 cm³/mol. The van der Waals surface area contributed by atoms with Gasteiger partial charge in [0.05, 0.1) is 41.4 Å². The molecule has 2 atom stereocenters. The van der Waals surface area contributed by atoms with Gasteiger partial charge in [0, 0.05) is 50.4 Å². The fourth-order valence-corrected chi connectivity index (χ4v) is 5.91. The number of carbonyl (C=O) groups is 3. The van der Waals surface area contributed by atoms with Crippen molar-refractivity contribution in [3.8, 4) is 5.75 Å². The number of aryl methyl sites for hydroxylation is 1. The molecule has 11 heteroatoms. The lowest BCUT2D eigenvalue weighted by atomic mass is 9.88. The zero-order chi connectivity index (χ0) is 27.9. The van der Waals surface area contributed by atoms with Gasteiger partial charge in [-0.3, -0.25) is 14.5 Å². The van der Waals surface area contributed by atoms with Crippen LogP contribution in [-0.2, 0) is 22.1 Å². The monoisotopic (exact) mass is 573 g/mol. The minimum absolute atomic E-state index is 0.0472. The minimum atomic E-state index is -1.02. The Morgan fingerprint density at radius 3 is 2.56 bits per heavy atom. The molecule has 2 aromatic carbocycles. The highest BCUT2D eigenvalue weighted by molar-refractivity contribution is 6.46. The molecule has 2 aliphatic heterocycles. The van der Waals surface area contributed by atoms with Gasteiger partial charge in [0.25, 0.3) is 5.91 Å². The zero-order valence-electron chi connectivity index (χ0n) is 21.6. The van der Waals surface area contributed by atoms with E-state index >= 15 is 0 Å². The van der Waals surface area contributed by atoms with Crippen molar-refractivity contribution in [2.45, 2.75) is 18.4 Å². The summed E-state index contributed by atoms with van der Waals surface area (Å²) < 4.78 is 13.4. The van der Waals surface area contributed by atoms with Crippen LogP contribution in [0.4, 0.5) is 0 Å². The highest BCUT2D eigenvalue weighted by atomic mass is 35.5. The predicted octanol–water partition coefficient (Wildman–Crippen LogP) is 4.13. The molecule has 2 unspecified atom stereocenters. The number of halogens is 2. The highest BCUT2D eigenvalue weighted by Crippen LogP contribution is 2.40. The molecule has 2 N–H and O–H groups in total. The molecule has 0 aliphatic carbocycles. The zero-order valence-corrected chi connectivity index (χ0v) is 23.1. The molecule has 3 heterocycles. The van der Waals surface area contributed by atoms with Crippen LogP contribution >= 0.6 is 23.2 Å². The number of hydrogen-bond donors (Lipinski definition) is 2. The summed E-state index contributed by atoms with van der Waals surface area (Å²) in [5, 5.41) is 13.5. The fourth-order valence-electron chi connectivity index (χ4n) is 5.46. The van der Waals surface area contributed by atoms with E-state index in [1.54, 1.807) is 35.9 Å². The lowest BCUT2D eigenvalue weighted by molar-refractivity contribution is -0.123. The van der Waals surface area contributed by atoms with E-state index in [0.717, 1.165) is 12.1 Å². The third-order valence-electron chi connectivity index (χ3n) is 7.49. The number of rotatable bonds is 7. The number of carboxylic acids is 1. The number of amides is 1. The molecule has 1 amide bonds. The van der Waals surface area contributed by atoms with Crippen molar-refractivity contribution in [1.29, 1.82) is 0 Å². The number of benzene rings is 2. The maximum atomic E-state index is 13.6. The van der Waals surface area contributed by atoms with Crippen LogP contribution in [0.1, 0.15) is 39.3 Å². The van der Waals surface area contributed by atoms with Gasteiger partial charge in [0.15, 0.2) is 0 Å². The summed E-state index contributed by atoms with van der Waals surface area (Å²) in [4.78, 5) is 38.8. The Bertz CT molecular complexity index is 1450. The second-order valence-corrected chi connectivity index (χ2v) is 11.1. The highest BCUT2D eigenvalue weighted by Gasteiger charge is 2.39. The molecular formula is C28H29Cl2N3O6. The molecule has 2 fully saturated rings. The van der Waals surface area contributed by atoms with Crippen molar-refractivity contribution in [2.75, 3.05) is 40.0 Å². The minimum Gasteiger partial charge on any atom is -0.492 e. The Balaban J connectivity index is 1.40. The van der Waals surface area contributed by atoms with E-state index in [4.69, 9.17) is 32.7 Å². The smallest absolute Gasteiger partial charge is 0.335 e. The number of nitrogens with zero attached hydrogens (tertiary/aromatic N) is 2. The van der Waals surface area contributed by atoms with Crippen molar-refractivity contribution in [2.24, 2.45) is 13.0 Å². The van der Waals surface area contributed by atoms with Crippen LogP contribution in [-0.4, -0.2) is 72.2 Å². The van der Waals surface area contributed by atoms with Gasteiger partial charge in [-0.25, -0.2) is 4.79 Å². The number of fused-ring (bicyclic) bond motifs is 1. The number of likely N-dealkylation sites (tertiary alicyclic amines) is 1. The summed E-state index contributed by atoms with van der Waals surface area (Å²) in [7, 11) is 3.67. The SMILES string of the molecule is CN1CC(=O)CC(COc2cc3c(cc(C(=O)NC4(c5ccc(C(=O)O)cc5)CCOC4)n3C)c(Cl)c2Cl)C1. The van der Waals surface area contributed by atoms with Gasteiger partial charge in [-0.15, -0.1) is 0 Å². The average Bonchev–Trinajstić information content (AvgIpc) is 3.50. The van der Waals surface area contributed by atoms with Gasteiger partial charge < -0.3 is 24.5 Å². The summed E-state index contributed by atoms with van der Waals surface area (Å²) in [6, 6.07) is 9.90. The van der Waals surface area contributed by atoms with Crippen molar-refractivity contribution in [3.63, 3.8) is 0 Å². The fraction of sp³-hybridized carbons (Fsp3) is 0.393. The summed E-state index contributed by atoms with van der Waals surface area (Å²) in [5.74, 6) is -0.734. The number of carboxylic acid groups (broad SMARTS) is 1. The standard InChI is InChI=1S/C28H29Cl2N3O6/c1-32-12-16(9-19(34)13-32)14-39-23-11-21-20(24(29)25(23)30)10-22(33(21)2)26(35)31-28(7-8-38-15-28)18-5-3-17(4-6-18)27(36)37/h3-6,10-11,16H,7-9,12-15H2,1-2H3,(H,31,35)(H,36,37). The molecule has 0 saturated carbocycles. The van der Waals surface area contributed by atoms with Crippen LogP contribution in [0.25, 0.3) is 10.9 Å². The number of likely N-dealkylation sites (N-methyl/N-ethyl adjacent to an activating group) is 1. The van der Waals surface area contributed by atoms with E-state index in [1.165, 1.54) is 12.1 Å². The van der Waals surface area contributed by atoms with Crippen LogP contribution in [0.3, 0.4) is 0 Å². The summed E-state index contributed by atoms with van der Waals surface area (Å²) in [5.41, 5.74) is 1.17. The van der Waals surface area contributed by atoms with E-state index in [-0.39, 0.29) is 39.8 Å². The molecule has 206 valence electrons. The first-order valence-electron chi connectivity index (χ1n) is 12.6. The number of piperidine rings is 1. The Hall–Kier alpha value is -3.11. The normalized spacial score (nSPS) is 21.8. The van der Waals surface area contributed by atoms with E-state index in [1.807, 2.05) is 11.9 Å². The van der Waals surface area contributed by atoms with E-state index in [2.05, 4.69) is 5.32 Å². The maximum Gasteiger partial charge on any atom is 0.335 e. The molecule has 0 spiro atoms. The van der Waals surface area contributed by atoms with Gasteiger partial charge in [-0.2, -0.15) is 0 Å². The van der Waals surface area contributed by atoms with Crippen molar-refractivity contribution in [3.05, 3.63) is 63.3 Å². The van der Waals surface area contributed by atoms with Crippen molar-refractivity contribution >= 4 is 51.8 Å². The van der Waals surface area contributed by atoms with Crippen molar-refractivity contribution in [1.82, 2.24) is 14.8 Å². The second-order valence-electron chi connectivity index (χ2n) is 10.4. The number of nitrogens with one attached hydrogen (secondary N) is 1. The first-order valence-corrected chi connectivity index (χ1v) is 13.4. The first-order chi connectivity index (χ1) is 18.6. The van der Waals surface area contributed by atoms with E-state index in [9.17, 15) is 19.5 Å². The van der Waals surface area contributed by atoms with Crippen LogP contribution in [0, 0.1) is 5.92 Å². The molecule has 2 aliphatic rings. The maximum absolute atomic E-state index is 13.6. The van der Waals surface area contributed by atoms with Crippen LogP contribution in [0.5, 0.6) is 5.75 Å². The van der Waals surface area contributed by atoms with E-state index in [0.29, 0.717) is 54.9 Å². The molecule has 3 aromatic rings. The first kappa shape index (κ1) is 27.5. The van der Waals surface area contributed by atoms with Crippen LogP contribution in [0.15, 0.2) is 36.4 Å². The Morgan fingerprint density at radius 1 is 1.18 bits per heavy atom. The number of carbonyl (C=O) groups excluding carboxylic acids is 2. The van der Waals surface area contributed by atoms with Crippen LogP contribution < -0.4 is 10.1 Å². The molecule has 1 aromatic heterocycles. The summed E-state index contributed by atoms with van der Waals surface area (Å²) >= 11 is 13.2. The molecule has 39 heavy (non-hydrogen) atoms. The summed E-state index contributed by atoms with van der Waals surface area (Å²) in [6.07, 6.45) is 0.995. The lowest BCUT2D eigenvalue weighted by Gasteiger charge is -2.29. The molecule has 9 nitrogen and oxygen atoms in total. The van der Waals surface area contributed by atoms with Gasteiger partial charge in [0.2, 0.25) is 0 Å². The average molecular weight is 574 g/mol. The van der Waals surface area contributed by atoms with Gasteiger partial charge in [0.1, 0.15) is 22.2 Å². The Kier molecular flexibility index (Phi) is 7.61. The Morgan fingerprint density at radius 2 is 1.92 bits per heavy atom. The summed E-state index contributed by atoms with van der Waals surface area (Å²) in [6.45, 7) is 2.24. The number of ether oxygens (including phenoxy) is 2. The lowest BCUT2D eigenvalue weighted by Crippen LogP contribution is -2.47. The quantitative estimate of drug-likeness (QED) is 0.437. The number of aromatic carboxylic acids is 1. The largest absolute Gasteiger partial charge is 0.492 e. The second kappa shape index (κ2) is 10.8. The number of Topliss-reactive ketones (excluding diaryl/α,β-unsaturated/α-hetero) is 1. The third kappa shape index (κ3) is 5.36. The molecule has 5 rings (SSSR count). The van der Waals surface area contributed by atoms with Crippen LogP contribution in [0.2, 0.25) is 10.0 Å². The Labute approximate surface area is 235 Å². The molecule has 2 saturated heterocycles. The molecular weight excluding hydrogens is 545 g/mol. The molecule has 0 bridgehead atoms. The topological polar surface area (TPSA) is 110 Å².